The monoisotopic (exact) mass is 296 g/mol. The molecule has 1 heterocycles. The van der Waals surface area contributed by atoms with Crippen molar-refractivity contribution >= 4 is 23.3 Å². The van der Waals surface area contributed by atoms with Gasteiger partial charge in [-0.3, -0.25) is 4.79 Å². The van der Waals surface area contributed by atoms with Gasteiger partial charge in [-0.05, 0) is 30.4 Å². The minimum atomic E-state index is -0.243. The molecule has 4 N–H and O–H groups in total. The fourth-order valence-corrected chi connectivity index (χ4v) is 2.86. The van der Waals surface area contributed by atoms with E-state index < -0.39 is 0 Å². The van der Waals surface area contributed by atoms with Crippen molar-refractivity contribution in [1.82, 2.24) is 10.3 Å². The Morgan fingerprint density at radius 2 is 2.20 bits per heavy atom. The number of hydrazine groups is 1. The van der Waals surface area contributed by atoms with Crippen molar-refractivity contribution in [3.63, 3.8) is 0 Å². The first-order chi connectivity index (χ1) is 9.44. The molecule has 0 bridgehead atoms. The van der Waals surface area contributed by atoms with Crippen LogP contribution in [0, 0.1) is 5.41 Å². The summed E-state index contributed by atoms with van der Waals surface area (Å²) in [7, 11) is 0. The molecule has 1 unspecified atom stereocenters. The number of nitrogens with zero attached hydrogens (tertiary/aromatic N) is 1. The van der Waals surface area contributed by atoms with E-state index in [0.717, 1.165) is 19.3 Å². The zero-order valence-corrected chi connectivity index (χ0v) is 12.6. The molecule has 1 aromatic heterocycles. The van der Waals surface area contributed by atoms with Gasteiger partial charge in [-0.15, -0.1) is 0 Å². The summed E-state index contributed by atoms with van der Waals surface area (Å²) in [6, 6.07) is 3.39. The summed E-state index contributed by atoms with van der Waals surface area (Å²) in [5, 5.41) is 3.39. The van der Waals surface area contributed by atoms with Crippen molar-refractivity contribution < 1.29 is 4.79 Å². The van der Waals surface area contributed by atoms with Crippen LogP contribution in [0.4, 0.5) is 5.82 Å². The third-order valence-electron chi connectivity index (χ3n) is 4.02. The highest BCUT2D eigenvalue weighted by Gasteiger charge is 2.33. The Balaban J connectivity index is 2.15. The lowest BCUT2D eigenvalue weighted by Crippen LogP contribution is -2.47. The number of carbonyl (C=O) groups excluding carboxylic acids is 1. The topological polar surface area (TPSA) is 80.0 Å². The van der Waals surface area contributed by atoms with Crippen molar-refractivity contribution in [2.24, 2.45) is 11.3 Å². The summed E-state index contributed by atoms with van der Waals surface area (Å²) in [6.07, 6.45) is 4.46. The van der Waals surface area contributed by atoms with E-state index in [0.29, 0.717) is 10.8 Å². The zero-order valence-electron chi connectivity index (χ0n) is 11.9. The number of anilines is 1. The van der Waals surface area contributed by atoms with Crippen LogP contribution in [0.3, 0.4) is 0 Å². The third-order valence-corrected chi connectivity index (χ3v) is 4.33. The molecule has 20 heavy (non-hydrogen) atoms. The van der Waals surface area contributed by atoms with E-state index in [1.807, 2.05) is 0 Å². The summed E-state index contributed by atoms with van der Waals surface area (Å²) in [6.45, 7) is 4.37. The fraction of sp³-hybridized carbons (Fsp3) is 0.571. The number of nitrogens with two attached hydrogens (primary N) is 1. The van der Waals surface area contributed by atoms with Crippen LogP contribution in [-0.2, 0) is 0 Å². The molecule has 5 nitrogen and oxygen atoms in total. The minimum Gasteiger partial charge on any atom is -0.347 e. The second-order valence-electron chi connectivity index (χ2n) is 5.93. The van der Waals surface area contributed by atoms with Gasteiger partial charge in [0.1, 0.15) is 11.5 Å². The summed E-state index contributed by atoms with van der Waals surface area (Å²) in [5.74, 6) is 5.48. The number of pyridine rings is 1. The van der Waals surface area contributed by atoms with Crippen LogP contribution >= 0.6 is 11.6 Å². The van der Waals surface area contributed by atoms with Crippen molar-refractivity contribution in [2.45, 2.75) is 45.6 Å². The Morgan fingerprint density at radius 1 is 1.45 bits per heavy atom. The second kappa shape index (κ2) is 5.97. The fourth-order valence-electron chi connectivity index (χ4n) is 2.67. The van der Waals surface area contributed by atoms with Crippen molar-refractivity contribution in [1.29, 1.82) is 0 Å². The first-order valence-electron chi connectivity index (χ1n) is 6.88. The van der Waals surface area contributed by atoms with Crippen LogP contribution in [0.2, 0.25) is 5.02 Å². The van der Waals surface area contributed by atoms with Crippen LogP contribution in [0.5, 0.6) is 0 Å². The van der Waals surface area contributed by atoms with E-state index in [1.165, 1.54) is 6.42 Å². The third kappa shape index (κ3) is 3.22. The summed E-state index contributed by atoms with van der Waals surface area (Å²) < 4.78 is 0. The molecule has 1 aromatic rings. The van der Waals surface area contributed by atoms with Gasteiger partial charge in [-0.25, -0.2) is 10.8 Å². The number of hydrogen-bond donors (Lipinski definition) is 3. The highest BCUT2D eigenvalue weighted by molar-refractivity contribution is 6.33. The lowest BCUT2D eigenvalue weighted by Gasteiger charge is -2.39. The van der Waals surface area contributed by atoms with Crippen LogP contribution in [-0.4, -0.2) is 16.9 Å². The second-order valence-corrected chi connectivity index (χ2v) is 6.34. The van der Waals surface area contributed by atoms with Gasteiger partial charge in [-0.2, -0.15) is 0 Å². The van der Waals surface area contributed by atoms with Gasteiger partial charge in [0.15, 0.2) is 0 Å². The molecule has 1 amide bonds. The predicted molar refractivity (Wildman–Crippen MR) is 80.6 cm³/mol. The van der Waals surface area contributed by atoms with Gasteiger partial charge in [0, 0.05) is 6.04 Å². The van der Waals surface area contributed by atoms with E-state index >= 15 is 0 Å². The van der Waals surface area contributed by atoms with Gasteiger partial charge in [0.05, 0.1) is 5.02 Å². The van der Waals surface area contributed by atoms with Gasteiger partial charge >= 0.3 is 0 Å². The SMILES string of the molecule is CC1(C)CCCCC1NC(=O)c1nc(NN)ccc1Cl. The Bertz CT molecular complexity index is 504. The number of amides is 1. The zero-order chi connectivity index (χ0) is 14.8. The number of nitrogens with one attached hydrogen (secondary N) is 2. The Labute approximate surface area is 124 Å². The average molecular weight is 297 g/mol. The molecule has 1 aliphatic carbocycles. The molecule has 6 heteroatoms. The van der Waals surface area contributed by atoms with Crippen LogP contribution in [0.25, 0.3) is 0 Å². The molecule has 0 aromatic carbocycles. The molecule has 110 valence electrons. The van der Waals surface area contributed by atoms with E-state index in [4.69, 9.17) is 17.4 Å². The molecular formula is C14H21ClN4O. The smallest absolute Gasteiger partial charge is 0.271 e. The number of carbonyl (C=O) groups is 1. The van der Waals surface area contributed by atoms with Gasteiger partial charge in [-0.1, -0.05) is 38.3 Å². The standard InChI is InChI=1S/C14H21ClN4O/c1-14(2)8-4-3-5-10(14)17-13(20)12-9(15)6-7-11(18-12)19-16/h6-7,10H,3-5,8,16H2,1-2H3,(H,17,20)(H,18,19). The molecule has 0 radical (unpaired) electrons. The Hall–Kier alpha value is -1.33. The van der Waals surface area contributed by atoms with Crippen molar-refractivity contribution in [2.75, 3.05) is 5.43 Å². The van der Waals surface area contributed by atoms with Crippen LogP contribution < -0.4 is 16.6 Å². The number of halogens is 1. The normalized spacial score (nSPS) is 21.3. The summed E-state index contributed by atoms with van der Waals surface area (Å²) in [5.41, 5.74) is 2.73. The maximum Gasteiger partial charge on any atom is 0.271 e. The molecule has 2 rings (SSSR count). The maximum absolute atomic E-state index is 12.4. The number of rotatable bonds is 3. The van der Waals surface area contributed by atoms with Crippen molar-refractivity contribution in [3.05, 3.63) is 22.8 Å². The van der Waals surface area contributed by atoms with Gasteiger partial charge in [0.2, 0.25) is 0 Å². The first-order valence-corrected chi connectivity index (χ1v) is 7.26. The molecule has 1 fully saturated rings. The van der Waals surface area contributed by atoms with Crippen LogP contribution in [0.15, 0.2) is 12.1 Å². The van der Waals surface area contributed by atoms with Crippen molar-refractivity contribution in [3.8, 4) is 0 Å². The van der Waals surface area contributed by atoms with E-state index in [1.54, 1.807) is 12.1 Å². The van der Waals surface area contributed by atoms with E-state index in [2.05, 4.69) is 29.6 Å². The largest absolute Gasteiger partial charge is 0.347 e. The maximum atomic E-state index is 12.4. The molecule has 0 spiro atoms. The molecule has 1 aliphatic rings. The quantitative estimate of drug-likeness (QED) is 0.592. The first kappa shape index (κ1) is 15.1. The summed E-state index contributed by atoms with van der Waals surface area (Å²) in [4.78, 5) is 16.5. The number of hydrogen-bond acceptors (Lipinski definition) is 4. The number of aromatic nitrogens is 1. The predicted octanol–water partition coefficient (Wildman–Crippen LogP) is 2.72. The van der Waals surface area contributed by atoms with Gasteiger partial charge < -0.3 is 10.7 Å². The highest BCUT2D eigenvalue weighted by atomic mass is 35.5. The molecule has 0 saturated heterocycles. The lowest BCUT2D eigenvalue weighted by atomic mass is 9.73. The number of nitrogen functional groups attached to an aromatic ring is 1. The highest BCUT2D eigenvalue weighted by Crippen LogP contribution is 2.35. The van der Waals surface area contributed by atoms with E-state index in [9.17, 15) is 4.79 Å². The van der Waals surface area contributed by atoms with Gasteiger partial charge in [0.25, 0.3) is 5.91 Å². The van der Waals surface area contributed by atoms with Crippen LogP contribution in [0.1, 0.15) is 50.0 Å². The lowest BCUT2D eigenvalue weighted by molar-refractivity contribution is 0.0849. The molecule has 0 aliphatic heterocycles. The molecule has 1 saturated carbocycles. The minimum absolute atomic E-state index is 0.101. The Kier molecular flexibility index (Phi) is 4.50. The Morgan fingerprint density at radius 3 is 2.85 bits per heavy atom. The molecular weight excluding hydrogens is 276 g/mol. The average Bonchev–Trinajstić information content (AvgIpc) is 2.41. The summed E-state index contributed by atoms with van der Waals surface area (Å²) >= 11 is 6.04. The molecule has 1 atom stereocenters. The van der Waals surface area contributed by atoms with E-state index in [-0.39, 0.29) is 23.1 Å².